The predicted octanol–water partition coefficient (Wildman–Crippen LogP) is 2.08. The SMILES string of the molecule is CC1CCC(C)N(C(C)(C)C=O)C1. The first-order chi connectivity index (χ1) is 5.97. The molecule has 0 aromatic rings. The first-order valence-electron chi connectivity index (χ1n) is 5.20. The van der Waals surface area contributed by atoms with E-state index in [1.165, 1.54) is 12.8 Å². The van der Waals surface area contributed by atoms with Crippen molar-refractivity contribution in [3.63, 3.8) is 0 Å². The molecule has 0 saturated carbocycles. The number of hydrogen-bond acceptors (Lipinski definition) is 2. The molecular formula is C11H21NO. The van der Waals surface area contributed by atoms with Crippen LogP contribution in [0, 0.1) is 5.92 Å². The zero-order valence-corrected chi connectivity index (χ0v) is 9.21. The Kier molecular flexibility index (Phi) is 3.12. The van der Waals surface area contributed by atoms with Gasteiger partial charge in [-0.15, -0.1) is 0 Å². The summed E-state index contributed by atoms with van der Waals surface area (Å²) in [7, 11) is 0. The topological polar surface area (TPSA) is 20.3 Å². The second kappa shape index (κ2) is 3.79. The molecule has 0 aromatic heterocycles. The van der Waals surface area contributed by atoms with E-state index in [-0.39, 0.29) is 5.54 Å². The third-order valence-electron chi connectivity index (χ3n) is 3.15. The molecule has 1 heterocycles. The van der Waals surface area contributed by atoms with Crippen LogP contribution >= 0.6 is 0 Å². The Morgan fingerprint density at radius 3 is 2.46 bits per heavy atom. The largest absolute Gasteiger partial charge is 0.301 e. The van der Waals surface area contributed by atoms with Crippen LogP contribution in [0.3, 0.4) is 0 Å². The van der Waals surface area contributed by atoms with E-state index in [1.807, 2.05) is 13.8 Å². The average Bonchev–Trinajstić information content (AvgIpc) is 2.09. The average molecular weight is 183 g/mol. The fourth-order valence-electron chi connectivity index (χ4n) is 2.16. The lowest BCUT2D eigenvalue weighted by molar-refractivity contribution is -0.119. The van der Waals surface area contributed by atoms with Crippen LogP contribution in [-0.4, -0.2) is 29.3 Å². The van der Waals surface area contributed by atoms with Gasteiger partial charge in [0.05, 0.1) is 5.54 Å². The molecule has 0 aromatic carbocycles. The molecule has 13 heavy (non-hydrogen) atoms. The second-order valence-electron chi connectivity index (χ2n) is 4.96. The van der Waals surface area contributed by atoms with Gasteiger partial charge in [-0.2, -0.15) is 0 Å². The van der Waals surface area contributed by atoms with Gasteiger partial charge in [-0.05, 0) is 39.5 Å². The van der Waals surface area contributed by atoms with Crippen molar-refractivity contribution >= 4 is 6.29 Å². The van der Waals surface area contributed by atoms with E-state index in [2.05, 4.69) is 18.7 Å². The number of aldehydes is 1. The van der Waals surface area contributed by atoms with Crippen molar-refractivity contribution in [2.24, 2.45) is 5.92 Å². The molecule has 0 bridgehead atoms. The molecule has 1 fully saturated rings. The molecule has 0 radical (unpaired) electrons. The molecule has 0 spiro atoms. The zero-order chi connectivity index (χ0) is 10.1. The minimum Gasteiger partial charge on any atom is -0.301 e. The van der Waals surface area contributed by atoms with Gasteiger partial charge in [0.15, 0.2) is 0 Å². The molecule has 76 valence electrons. The van der Waals surface area contributed by atoms with Gasteiger partial charge in [0.2, 0.25) is 0 Å². The lowest BCUT2D eigenvalue weighted by Crippen LogP contribution is -2.54. The van der Waals surface area contributed by atoms with Crippen molar-refractivity contribution in [3.8, 4) is 0 Å². The van der Waals surface area contributed by atoms with Crippen molar-refractivity contribution in [3.05, 3.63) is 0 Å². The van der Waals surface area contributed by atoms with E-state index in [0.29, 0.717) is 6.04 Å². The molecule has 1 aliphatic rings. The third kappa shape index (κ3) is 2.31. The standard InChI is InChI=1S/C11H21NO/c1-9-5-6-10(2)12(7-9)11(3,4)8-13/h8-10H,5-7H2,1-4H3. The summed E-state index contributed by atoms with van der Waals surface area (Å²) in [5.74, 6) is 0.732. The maximum absolute atomic E-state index is 10.9. The van der Waals surface area contributed by atoms with Crippen LogP contribution in [-0.2, 0) is 4.79 Å². The second-order valence-corrected chi connectivity index (χ2v) is 4.96. The Balaban J connectivity index is 2.70. The highest BCUT2D eigenvalue weighted by Crippen LogP contribution is 2.27. The first kappa shape index (κ1) is 10.7. The summed E-state index contributed by atoms with van der Waals surface area (Å²) >= 11 is 0. The van der Waals surface area contributed by atoms with Crippen LogP contribution < -0.4 is 0 Å². The summed E-state index contributed by atoms with van der Waals surface area (Å²) in [4.78, 5) is 13.3. The van der Waals surface area contributed by atoms with E-state index in [0.717, 1.165) is 18.7 Å². The quantitative estimate of drug-likeness (QED) is 0.611. The third-order valence-corrected chi connectivity index (χ3v) is 3.15. The monoisotopic (exact) mass is 183 g/mol. The Hall–Kier alpha value is -0.370. The molecule has 1 aliphatic heterocycles. The van der Waals surface area contributed by atoms with Gasteiger partial charge in [0.25, 0.3) is 0 Å². The van der Waals surface area contributed by atoms with E-state index < -0.39 is 0 Å². The smallest absolute Gasteiger partial charge is 0.139 e. The number of carbonyl (C=O) groups is 1. The Morgan fingerprint density at radius 1 is 1.31 bits per heavy atom. The summed E-state index contributed by atoms with van der Waals surface area (Å²) in [6, 6.07) is 0.552. The van der Waals surface area contributed by atoms with Gasteiger partial charge in [-0.25, -0.2) is 0 Å². The molecule has 2 nitrogen and oxygen atoms in total. The van der Waals surface area contributed by atoms with Crippen LogP contribution in [0.2, 0.25) is 0 Å². The number of hydrogen-bond donors (Lipinski definition) is 0. The van der Waals surface area contributed by atoms with Crippen LogP contribution in [0.4, 0.5) is 0 Å². The van der Waals surface area contributed by atoms with Crippen molar-refractivity contribution in [1.82, 2.24) is 4.90 Å². The molecule has 0 aliphatic carbocycles. The van der Waals surface area contributed by atoms with Gasteiger partial charge in [0, 0.05) is 12.6 Å². The van der Waals surface area contributed by atoms with Crippen molar-refractivity contribution in [2.45, 2.75) is 52.1 Å². The molecule has 0 amide bonds. The Morgan fingerprint density at radius 2 is 1.92 bits per heavy atom. The van der Waals surface area contributed by atoms with Gasteiger partial charge >= 0.3 is 0 Å². The fraction of sp³-hybridized carbons (Fsp3) is 0.909. The number of nitrogens with zero attached hydrogens (tertiary/aromatic N) is 1. The molecule has 0 N–H and O–H groups in total. The van der Waals surface area contributed by atoms with E-state index in [9.17, 15) is 4.79 Å². The Labute approximate surface area is 81.3 Å². The fourth-order valence-corrected chi connectivity index (χ4v) is 2.16. The van der Waals surface area contributed by atoms with Crippen LogP contribution in [0.1, 0.15) is 40.5 Å². The number of rotatable bonds is 2. The maximum atomic E-state index is 10.9. The Bertz CT molecular complexity index is 189. The summed E-state index contributed by atoms with van der Waals surface area (Å²) < 4.78 is 0. The van der Waals surface area contributed by atoms with Gasteiger partial charge in [0.1, 0.15) is 6.29 Å². The molecule has 2 atom stereocenters. The van der Waals surface area contributed by atoms with Gasteiger partial charge in [-0.1, -0.05) is 6.92 Å². The van der Waals surface area contributed by atoms with Crippen LogP contribution in [0.15, 0.2) is 0 Å². The lowest BCUT2D eigenvalue weighted by Gasteiger charge is -2.44. The molecule has 2 heteroatoms. The van der Waals surface area contributed by atoms with Crippen molar-refractivity contribution in [1.29, 1.82) is 0 Å². The van der Waals surface area contributed by atoms with E-state index in [1.54, 1.807) is 0 Å². The predicted molar refractivity (Wildman–Crippen MR) is 54.7 cm³/mol. The molecule has 1 rings (SSSR count). The lowest BCUT2D eigenvalue weighted by atomic mass is 9.90. The van der Waals surface area contributed by atoms with E-state index in [4.69, 9.17) is 0 Å². The highest BCUT2D eigenvalue weighted by atomic mass is 16.1. The molecular weight excluding hydrogens is 162 g/mol. The normalized spacial score (nSPS) is 31.7. The van der Waals surface area contributed by atoms with Crippen LogP contribution in [0.25, 0.3) is 0 Å². The van der Waals surface area contributed by atoms with E-state index >= 15 is 0 Å². The van der Waals surface area contributed by atoms with Gasteiger partial charge < -0.3 is 4.79 Å². The number of likely N-dealkylation sites (tertiary alicyclic amines) is 1. The van der Waals surface area contributed by atoms with Crippen LogP contribution in [0.5, 0.6) is 0 Å². The van der Waals surface area contributed by atoms with Crippen molar-refractivity contribution in [2.75, 3.05) is 6.54 Å². The molecule has 1 saturated heterocycles. The summed E-state index contributed by atoms with van der Waals surface area (Å²) in [6.07, 6.45) is 3.59. The summed E-state index contributed by atoms with van der Waals surface area (Å²) in [5.41, 5.74) is -0.284. The number of carbonyl (C=O) groups excluding carboxylic acids is 1. The maximum Gasteiger partial charge on any atom is 0.139 e. The highest BCUT2D eigenvalue weighted by Gasteiger charge is 2.33. The first-order valence-corrected chi connectivity index (χ1v) is 5.20. The molecule has 2 unspecified atom stereocenters. The number of piperidine rings is 1. The zero-order valence-electron chi connectivity index (χ0n) is 9.21. The highest BCUT2D eigenvalue weighted by molar-refractivity contribution is 5.62. The van der Waals surface area contributed by atoms with Gasteiger partial charge in [-0.3, -0.25) is 4.90 Å². The summed E-state index contributed by atoms with van der Waals surface area (Å²) in [6.45, 7) is 9.56. The summed E-state index contributed by atoms with van der Waals surface area (Å²) in [5, 5.41) is 0. The minimum absolute atomic E-state index is 0.284. The minimum atomic E-state index is -0.284. The van der Waals surface area contributed by atoms with Crippen molar-refractivity contribution < 1.29 is 4.79 Å².